The van der Waals surface area contributed by atoms with Gasteiger partial charge in [0.15, 0.2) is 0 Å². The predicted molar refractivity (Wildman–Crippen MR) is 88.0 cm³/mol. The molecule has 0 atom stereocenters. The van der Waals surface area contributed by atoms with E-state index in [1.54, 1.807) is 0 Å². The highest BCUT2D eigenvalue weighted by molar-refractivity contribution is 7.89. The number of hydrogen-bond acceptors (Lipinski definition) is 4. The van der Waals surface area contributed by atoms with Crippen molar-refractivity contribution in [2.45, 2.75) is 4.90 Å². The number of carbonyl (C=O) groups excluding carboxylic acids is 1. The molecular weight excluding hydrogens is 378 g/mol. The monoisotopic (exact) mass is 390 g/mol. The van der Waals surface area contributed by atoms with E-state index in [4.69, 9.17) is 16.7 Å². The van der Waals surface area contributed by atoms with Gasteiger partial charge in [-0.05, 0) is 36.4 Å². The molecule has 0 unspecified atom stereocenters. The lowest BCUT2D eigenvalue weighted by molar-refractivity contribution is 0.102. The Hall–Kier alpha value is -2.07. The Morgan fingerprint density at radius 3 is 2.44 bits per heavy atom. The van der Waals surface area contributed by atoms with E-state index >= 15 is 0 Å². The first-order chi connectivity index (χ1) is 11.7. The number of aliphatic hydroxyl groups excluding tert-OH is 1. The highest BCUT2D eigenvalue weighted by Gasteiger charge is 2.21. The highest BCUT2D eigenvalue weighted by Crippen LogP contribution is 2.21. The minimum Gasteiger partial charge on any atom is -0.395 e. The maximum absolute atomic E-state index is 13.8. The summed E-state index contributed by atoms with van der Waals surface area (Å²) in [6.07, 6.45) is 0. The third kappa shape index (κ3) is 4.73. The van der Waals surface area contributed by atoms with Gasteiger partial charge in [0.1, 0.15) is 16.5 Å². The van der Waals surface area contributed by atoms with E-state index in [2.05, 4.69) is 5.32 Å². The molecule has 0 aliphatic rings. The zero-order valence-corrected chi connectivity index (χ0v) is 14.2. The van der Waals surface area contributed by atoms with Gasteiger partial charge in [0.05, 0.1) is 11.6 Å². The minimum absolute atomic E-state index is 0.133. The van der Waals surface area contributed by atoms with Crippen molar-refractivity contribution < 1.29 is 27.1 Å². The Labute approximate surface area is 147 Å². The quantitative estimate of drug-likeness (QED) is 0.704. The fourth-order valence-electron chi connectivity index (χ4n) is 1.89. The summed E-state index contributed by atoms with van der Waals surface area (Å²) in [5, 5.41) is 10.9. The van der Waals surface area contributed by atoms with Crippen LogP contribution in [0.1, 0.15) is 10.4 Å². The predicted octanol–water partition coefficient (Wildman–Crippen LogP) is 2.14. The number of aliphatic hydroxyl groups is 1. The van der Waals surface area contributed by atoms with Crippen molar-refractivity contribution in [3.63, 3.8) is 0 Å². The van der Waals surface area contributed by atoms with Gasteiger partial charge in [0, 0.05) is 17.8 Å². The molecule has 3 N–H and O–H groups in total. The van der Waals surface area contributed by atoms with Gasteiger partial charge >= 0.3 is 0 Å². The van der Waals surface area contributed by atoms with Gasteiger partial charge in [-0.25, -0.2) is 21.9 Å². The van der Waals surface area contributed by atoms with E-state index in [1.165, 1.54) is 12.1 Å². The number of benzene rings is 2. The molecule has 0 heterocycles. The lowest BCUT2D eigenvalue weighted by Crippen LogP contribution is -2.27. The van der Waals surface area contributed by atoms with E-state index in [0.717, 1.165) is 24.3 Å². The summed E-state index contributed by atoms with van der Waals surface area (Å²) in [5.74, 6) is -2.45. The Balaban J connectivity index is 2.29. The average Bonchev–Trinajstić information content (AvgIpc) is 2.56. The summed E-state index contributed by atoms with van der Waals surface area (Å²) >= 11 is 5.61. The molecule has 0 aliphatic carbocycles. The first-order valence-electron chi connectivity index (χ1n) is 6.91. The maximum Gasteiger partial charge on any atom is 0.255 e. The van der Waals surface area contributed by atoms with Crippen molar-refractivity contribution in [2.75, 3.05) is 18.5 Å². The minimum atomic E-state index is -4.23. The fraction of sp³-hybridized carbons (Fsp3) is 0.133. The van der Waals surface area contributed by atoms with Crippen LogP contribution in [0.15, 0.2) is 41.3 Å². The Bertz CT molecular complexity index is 906. The van der Waals surface area contributed by atoms with E-state index in [1.807, 2.05) is 4.72 Å². The van der Waals surface area contributed by atoms with Crippen LogP contribution in [0.4, 0.5) is 14.5 Å². The molecule has 2 aromatic rings. The average molecular weight is 391 g/mol. The van der Waals surface area contributed by atoms with Crippen LogP contribution in [-0.4, -0.2) is 32.6 Å². The van der Waals surface area contributed by atoms with Crippen LogP contribution in [0.25, 0.3) is 0 Å². The van der Waals surface area contributed by atoms with Crippen molar-refractivity contribution in [3.05, 3.63) is 58.6 Å². The number of rotatable bonds is 6. The SMILES string of the molecule is O=C(Nc1ccc(F)c(Cl)c1)c1ccc(F)c(S(=O)(=O)NCCO)c1. The second-order valence-corrected chi connectivity index (χ2v) is 6.99. The van der Waals surface area contributed by atoms with Crippen LogP contribution in [0, 0.1) is 11.6 Å². The molecule has 0 radical (unpaired) electrons. The zero-order valence-electron chi connectivity index (χ0n) is 12.6. The van der Waals surface area contributed by atoms with Crippen molar-refractivity contribution in [3.8, 4) is 0 Å². The van der Waals surface area contributed by atoms with Gasteiger partial charge < -0.3 is 10.4 Å². The largest absolute Gasteiger partial charge is 0.395 e. The summed E-state index contributed by atoms with van der Waals surface area (Å²) in [5.41, 5.74) is 0.0507. The lowest BCUT2D eigenvalue weighted by atomic mass is 10.2. The topological polar surface area (TPSA) is 95.5 Å². The molecule has 0 aromatic heterocycles. The molecule has 0 saturated heterocycles. The Morgan fingerprint density at radius 1 is 1.12 bits per heavy atom. The normalized spacial score (nSPS) is 11.4. The second-order valence-electron chi connectivity index (χ2n) is 4.85. The van der Waals surface area contributed by atoms with Gasteiger partial charge in [0.25, 0.3) is 5.91 Å². The number of nitrogens with one attached hydrogen (secondary N) is 2. The molecule has 2 aromatic carbocycles. The highest BCUT2D eigenvalue weighted by atomic mass is 35.5. The van der Waals surface area contributed by atoms with Crippen LogP contribution < -0.4 is 10.0 Å². The molecule has 0 bridgehead atoms. The third-order valence-electron chi connectivity index (χ3n) is 3.06. The van der Waals surface area contributed by atoms with Gasteiger partial charge in [-0.1, -0.05) is 11.6 Å². The van der Waals surface area contributed by atoms with Gasteiger partial charge in [-0.2, -0.15) is 0 Å². The van der Waals surface area contributed by atoms with Crippen LogP contribution in [-0.2, 0) is 10.0 Å². The first kappa shape index (κ1) is 19.3. The Morgan fingerprint density at radius 2 is 1.80 bits per heavy atom. The van der Waals surface area contributed by atoms with Crippen LogP contribution in [0.3, 0.4) is 0 Å². The zero-order chi connectivity index (χ0) is 18.6. The number of anilines is 1. The molecular formula is C15H13ClF2N2O4S. The molecule has 10 heteroatoms. The van der Waals surface area contributed by atoms with Crippen molar-refractivity contribution >= 4 is 33.2 Å². The van der Waals surface area contributed by atoms with Crippen molar-refractivity contribution in [2.24, 2.45) is 0 Å². The maximum atomic E-state index is 13.8. The van der Waals surface area contributed by atoms with E-state index < -0.39 is 39.1 Å². The molecule has 1 amide bonds. The van der Waals surface area contributed by atoms with Crippen molar-refractivity contribution in [1.82, 2.24) is 4.72 Å². The standard InChI is InChI=1S/C15H13ClF2N2O4S/c16-11-8-10(2-4-12(11)17)20-15(22)9-1-3-13(18)14(7-9)25(23,24)19-5-6-21/h1-4,7-8,19,21H,5-6H2,(H,20,22). The van der Waals surface area contributed by atoms with Crippen LogP contribution in [0.5, 0.6) is 0 Å². The number of sulfonamides is 1. The van der Waals surface area contributed by atoms with Crippen molar-refractivity contribution in [1.29, 1.82) is 0 Å². The number of hydrogen-bond donors (Lipinski definition) is 3. The summed E-state index contributed by atoms with van der Waals surface area (Å²) in [7, 11) is -4.23. The van der Waals surface area contributed by atoms with Crippen LogP contribution >= 0.6 is 11.6 Å². The lowest BCUT2D eigenvalue weighted by Gasteiger charge is -2.10. The van der Waals surface area contributed by atoms with Gasteiger partial charge in [-0.3, -0.25) is 4.79 Å². The van der Waals surface area contributed by atoms with E-state index in [-0.39, 0.29) is 22.8 Å². The van der Waals surface area contributed by atoms with Crippen LogP contribution in [0.2, 0.25) is 5.02 Å². The van der Waals surface area contributed by atoms with Gasteiger partial charge in [-0.15, -0.1) is 0 Å². The molecule has 6 nitrogen and oxygen atoms in total. The second kappa shape index (κ2) is 7.87. The fourth-order valence-corrected chi connectivity index (χ4v) is 3.19. The molecule has 0 saturated carbocycles. The third-order valence-corrected chi connectivity index (χ3v) is 4.83. The van der Waals surface area contributed by atoms with E-state index in [9.17, 15) is 22.0 Å². The number of amides is 1. The summed E-state index contributed by atoms with van der Waals surface area (Å²) in [6.45, 7) is -0.765. The summed E-state index contributed by atoms with van der Waals surface area (Å²) in [6, 6.07) is 6.29. The van der Waals surface area contributed by atoms with Gasteiger partial charge in [0.2, 0.25) is 10.0 Å². The molecule has 0 fully saturated rings. The molecule has 25 heavy (non-hydrogen) atoms. The Kier molecular flexibility index (Phi) is 6.07. The summed E-state index contributed by atoms with van der Waals surface area (Å²) < 4.78 is 52.9. The number of halogens is 3. The number of carbonyl (C=O) groups is 1. The molecule has 0 spiro atoms. The molecule has 134 valence electrons. The summed E-state index contributed by atoms with van der Waals surface area (Å²) in [4.78, 5) is 11.5. The first-order valence-corrected chi connectivity index (χ1v) is 8.77. The molecule has 0 aliphatic heterocycles. The molecule has 2 rings (SSSR count). The van der Waals surface area contributed by atoms with E-state index in [0.29, 0.717) is 0 Å². The smallest absolute Gasteiger partial charge is 0.255 e.